The molecule has 0 bridgehead atoms. The lowest BCUT2D eigenvalue weighted by molar-refractivity contribution is -0.131. The van der Waals surface area contributed by atoms with Crippen molar-refractivity contribution >= 4 is 34.2 Å². The van der Waals surface area contributed by atoms with Crippen LogP contribution in [-0.4, -0.2) is 130 Å². The number of ether oxygens (including phenoxy) is 1. The number of H-pyrrole nitrogens is 1. The fourth-order valence-electron chi connectivity index (χ4n) is 6.65. The summed E-state index contributed by atoms with van der Waals surface area (Å²) in [5, 5.41) is 16.6. The largest absolute Gasteiger partial charge is 0.378 e. The van der Waals surface area contributed by atoms with E-state index >= 15 is 0 Å². The number of piperazine rings is 1. The molecule has 14 nitrogen and oxygen atoms in total. The second-order valence-corrected chi connectivity index (χ2v) is 14.3. The summed E-state index contributed by atoms with van der Waals surface area (Å²) in [6.07, 6.45) is 2.96. The van der Waals surface area contributed by atoms with Crippen molar-refractivity contribution in [1.29, 1.82) is 0 Å². The summed E-state index contributed by atoms with van der Waals surface area (Å²) >= 11 is 0. The van der Waals surface area contributed by atoms with Gasteiger partial charge < -0.3 is 35.4 Å². The second kappa shape index (κ2) is 21.6. The highest BCUT2D eigenvalue weighted by molar-refractivity contribution is 5.98. The number of carbonyl (C=O) groups is 3. The van der Waals surface area contributed by atoms with Gasteiger partial charge in [0.2, 0.25) is 5.91 Å². The van der Waals surface area contributed by atoms with Crippen molar-refractivity contribution in [3.63, 3.8) is 0 Å². The first-order chi connectivity index (χ1) is 28.5. The zero-order valence-corrected chi connectivity index (χ0v) is 34.4. The number of aromatic amines is 1. The Balaban J connectivity index is 0.00000214. The Morgan fingerprint density at radius 3 is 2.31 bits per heavy atom. The molecule has 0 saturated carbocycles. The smallest absolute Gasteiger partial charge is 0.272 e. The molecule has 15 heteroatoms. The van der Waals surface area contributed by atoms with E-state index in [1.165, 1.54) is 17.7 Å². The molecule has 59 heavy (non-hydrogen) atoms. The molecule has 0 radical (unpaired) electrons. The Morgan fingerprint density at radius 2 is 1.58 bits per heavy atom. The number of pyridine rings is 1. The highest BCUT2D eigenvalue weighted by Crippen LogP contribution is 2.27. The Bertz CT molecular complexity index is 2270. The number of nitrogens with zero attached hydrogens (tertiary/aromatic N) is 5. The van der Waals surface area contributed by atoms with Gasteiger partial charge in [0.05, 0.1) is 42.1 Å². The van der Waals surface area contributed by atoms with Crippen LogP contribution in [0.1, 0.15) is 44.6 Å². The average Bonchev–Trinajstić information content (AvgIpc) is 3.26. The van der Waals surface area contributed by atoms with Crippen molar-refractivity contribution in [2.45, 2.75) is 19.8 Å². The monoisotopic (exact) mass is 807 g/mol. The summed E-state index contributed by atoms with van der Waals surface area (Å²) in [5.41, 5.74) is 5.24. The number of amides is 3. The second-order valence-electron chi connectivity index (χ2n) is 14.3. The van der Waals surface area contributed by atoms with E-state index in [2.05, 4.69) is 50.2 Å². The molecule has 2 aromatic heterocycles. The lowest BCUT2D eigenvalue weighted by atomic mass is 10.0. The van der Waals surface area contributed by atoms with Crippen LogP contribution in [0.4, 0.5) is 10.1 Å². The zero-order chi connectivity index (χ0) is 42.3. The molecule has 1 aliphatic rings. The number of carbonyl (C=O) groups excluding carboxylic acids is 3. The van der Waals surface area contributed by atoms with Gasteiger partial charge in [-0.2, -0.15) is 5.10 Å². The Morgan fingerprint density at radius 1 is 0.864 bits per heavy atom. The summed E-state index contributed by atoms with van der Waals surface area (Å²) in [4.78, 5) is 61.0. The number of hydrogen-bond donors (Lipinski definition) is 4. The number of fused-ring (bicyclic) bond motifs is 1. The summed E-state index contributed by atoms with van der Waals surface area (Å²) in [6, 6.07) is 21.8. The molecule has 0 unspecified atom stereocenters. The fourth-order valence-corrected chi connectivity index (χ4v) is 6.65. The number of halogens is 1. The van der Waals surface area contributed by atoms with Gasteiger partial charge in [0, 0.05) is 76.9 Å². The third kappa shape index (κ3) is 11.8. The minimum atomic E-state index is -0.625. The lowest BCUT2D eigenvalue weighted by Crippen LogP contribution is -2.52. The topological polar surface area (TPSA) is 165 Å². The highest BCUT2D eigenvalue weighted by atomic mass is 19.1. The summed E-state index contributed by atoms with van der Waals surface area (Å²) in [7, 11) is 7.51. The molecule has 0 atom stereocenters. The van der Waals surface area contributed by atoms with Gasteiger partial charge in [0.1, 0.15) is 5.82 Å². The molecule has 0 aliphatic carbocycles. The van der Waals surface area contributed by atoms with Gasteiger partial charge in [0.25, 0.3) is 17.4 Å². The van der Waals surface area contributed by atoms with Gasteiger partial charge in [-0.3, -0.25) is 19.2 Å². The van der Waals surface area contributed by atoms with E-state index in [1.807, 2.05) is 63.4 Å². The minimum Gasteiger partial charge on any atom is -0.378 e. The van der Waals surface area contributed by atoms with Crippen molar-refractivity contribution in [3.8, 4) is 11.1 Å². The van der Waals surface area contributed by atoms with Crippen LogP contribution in [0.15, 0.2) is 83.8 Å². The molecule has 5 aromatic rings. The minimum absolute atomic E-state index is 0.0462. The van der Waals surface area contributed by atoms with Gasteiger partial charge in [-0.15, -0.1) is 0 Å². The Hall–Kier alpha value is -6.03. The lowest BCUT2D eigenvalue weighted by Gasteiger charge is -2.35. The van der Waals surface area contributed by atoms with Crippen molar-refractivity contribution in [2.75, 3.05) is 92.1 Å². The number of aromatic nitrogens is 3. The van der Waals surface area contributed by atoms with Crippen molar-refractivity contribution in [3.05, 3.63) is 123 Å². The molecule has 4 N–H and O–H groups in total. The summed E-state index contributed by atoms with van der Waals surface area (Å²) in [6.45, 7) is 4.80. The molecular weight excluding hydrogens is 754 g/mol. The predicted octanol–water partition coefficient (Wildman–Crippen LogP) is 3.50. The maximum atomic E-state index is 14.9. The first kappa shape index (κ1) is 44.1. The van der Waals surface area contributed by atoms with Gasteiger partial charge in [0.15, 0.2) is 5.69 Å². The Kier molecular flexibility index (Phi) is 16.2. The standard InChI is InChI=1S/C42H47FN8O5.C2H7N/c1-4-28-8-7-9-30(22-28)31-25-37(49(2)3)39(46-26-31)41(54)45-15-21-56-20-14-44-27-38(52)50-16-18-51(19-17-50)42(55)34-23-29(12-13-35(34)43)24-36-32-10-5-6-11-33(32)40(53)48-47-36;1-3-2/h5-13,22-23,25-26,44H,4,14-21,24,27H2,1-3H3,(H,45,54)(H,48,53);3H,1-2H3. The van der Waals surface area contributed by atoms with E-state index in [0.717, 1.165) is 23.2 Å². The predicted molar refractivity (Wildman–Crippen MR) is 228 cm³/mol. The normalized spacial score (nSPS) is 12.5. The first-order valence-corrected chi connectivity index (χ1v) is 19.8. The number of benzene rings is 3. The van der Waals surface area contributed by atoms with E-state index in [-0.39, 0.29) is 42.6 Å². The first-order valence-electron chi connectivity index (χ1n) is 19.8. The van der Waals surface area contributed by atoms with Crippen LogP contribution in [0, 0.1) is 5.82 Å². The summed E-state index contributed by atoms with van der Waals surface area (Å²) in [5.74, 6) is -1.46. The molecule has 3 amide bonds. The number of anilines is 1. The van der Waals surface area contributed by atoms with E-state index in [0.29, 0.717) is 73.5 Å². The van der Waals surface area contributed by atoms with Crippen LogP contribution in [-0.2, 0) is 22.4 Å². The van der Waals surface area contributed by atoms with Crippen LogP contribution in [0.25, 0.3) is 21.9 Å². The fraction of sp³-hybridized carbons (Fsp3) is 0.364. The average molecular weight is 808 g/mol. The molecule has 3 heterocycles. The van der Waals surface area contributed by atoms with Crippen LogP contribution in [0.3, 0.4) is 0 Å². The van der Waals surface area contributed by atoms with Crippen molar-refractivity contribution in [2.24, 2.45) is 0 Å². The zero-order valence-electron chi connectivity index (χ0n) is 34.4. The SMILES string of the molecule is CCc1cccc(-c2cnc(C(=O)NCCOCCNCC(=O)N3CCN(C(=O)c4cc(Cc5n[nH]c(=O)c6ccccc56)ccc4F)CC3)c(N(C)C)c2)c1.CNC. The number of nitrogens with one attached hydrogen (secondary N) is 4. The van der Waals surface area contributed by atoms with Crippen LogP contribution in [0.2, 0.25) is 0 Å². The molecule has 0 spiro atoms. The van der Waals surface area contributed by atoms with Crippen LogP contribution >= 0.6 is 0 Å². The molecule has 1 saturated heterocycles. The van der Waals surface area contributed by atoms with Gasteiger partial charge in [-0.1, -0.05) is 55.5 Å². The van der Waals surface area contributed by atoms with Crippen LogP contribution in [0.5, 0.6) is 0 Å². The molecule has 312 valence electrons. The van der Waals surface area contributed by atoms with Crippen molar-refractivity contribution in [1.82, 2.24) is 40.9 Å². The number of hydrogen-bond acceptors (Lipinski definition) is 10. The maximum absolute atomic E-state index is 14.9. The molecule has 3 aromatic carbocycles. The van der Waals surface area contributed by atoms with Gasteiger partial charge >= 0.3 is 0 Å². The van der Waals surface area contributed by atoms with E-state index < -0.39 is 11.7 Å². The third-order valence-electron chi connectivity index (χ3n) is 9.79. The van der Waals surface area contributed by atoms with E-state index in [1.54, 1.807) is 34.2 Å². The number of aryl methyl sites for hydroxylation is 1. The Labute approximate surface area is 344 Å². The molecule has 1 fully saturated rings. The van der Waals surface area contributed by atoms with Crippen molar-refractivity contribution < 1.29 is 23.5 Å². The molecule has 1 aliphatic heterocycles. The van der Waals surface area contributed by atoms with Crippen LogP contribution < -0.4 is 26.4 Å². The number of rotatable bonds is 15. The molecule has 6 rings (SSSR count). The van der Waals surface area contributed by atoms with Gasteiger partial charge in [-0.25, -0.2) is 14.5 Å². The summed E-state index contributed by atoms with van der Waals surface area (Å²) < 4.78 is 20.6. The van der Waals surface area contributed by atoms with E-state index in [4.69, 9.17) is 4.74 Å². The third-order valence-corrected chi connectivity index (χ3v) is 9.79. The molecular formula is C44H54FN9O5. The van der Waals surface area contributed by atoms with Gasteiger partial charge in [-0.05, 0) is 61.5 Å². The quantitative estimate of drug-likeness (QED) is 0.115. The maximum Gasteiger partial charge on any atom is 0.272 e. The van der Waals surface area contributed by atoms with E-state index in [9.17, 15) is 23.6 Å². The highest BCUT2D eigenvalue weighted by Gasteiger charge is 2.26.